The number of Topliss-reactive ketones (excluding diaryl/α,β-unsaturated/α-hetero) is 1. The van der Waals surface area contributed by atoms with Crippen LogP contribution < -0.4 is 14.2 Å². The summed E-state index contributed by atoms with van der Waals surface area (Å²) >= 11 is 8.11. The lowest BCUT2D eigenvalue weighted by molar-refractivity contribution is -0.157. The molecule has 3 aliphatic carbocycles. The number of ether oxygens (including phenoxy) is 5. The number of methoxy groups -OCH3 is 3. The number of thiazole rings is 1. The number of rotatable bonds is 14. The zero-order valence-electron chi connectivity index (χ0n) is 32.1. The Balaban J connectivity index is 1.21. The van der Waals surface area contributed by atoms with Gasteiger partial charge in [-0.05, 0) is 61.0 Å². The minimum absolute atomic E-state index is 0.0620. The van der Waals surface area contributed by atoms with Gasteiger partial charge in [0.2, 0.25) is 5.91 Å². The number of amides is 1. The molecule has 12 nitrogen and oxygen atoms in total. The number of nitrogens with zero attached hydrogens (tertiary/aromatic N) is 3. The highest BCUT2D eigenvalue weighted by Crippen LogP contribution is 2.57. The molecule has 1 aliphatic heterocycles. The summed E-state index contributed by atoms with van der Waals surface area (Å²) in [6, 6.07) is 4.35. The van der Waals surface area contributed by atoms with Crippen LogP contribution in [0.4, 0.5) is 0 Å². The van der Waals surface area contributed by atoms with Crippen LogP contribution in [-0.4, -0.2) is 84.6 Å². The Hall–Kier alpha value is -4.23. The zero-order valence-corrected chi connectivity index (χ0v) is 33.7. The number of allylic oxidation sites excluding steroid dienone is 1. The molecule has 8 atom stereocenters. The van der Waals surface area contributed by atoms with Crippen molar-refractivity contribution < 1.29 is 42.9 Å². The lowest BCUT2D eigenvalue weighted by atomic mass is 9.77. The minimum atomic E-state index is -1.03. The summed E-state index contributed by atoms with van der Waals surface area (Å²) in [6.07, 6.45) is 4.22. The van der Waals surface area contributed by atoms with Crippen LogP contribution >= 0.6 is 22.9 Å². The fourth-order valence-electron chi connectivity index (χ4n) is 8.58. The van der Waals surface area contributed by atoms with Crippen LogP contribution in [0, 0.1) is 34.5 Å². The highest BCUT2D eigenvalue weighted by Gasteiger charge is 2.61. The van der Waals surface area contributed by atoms with Gasteiger partial charge >= 0.3 is 11.9 Å². The monoisotopic (exact) mass is 793 g/mol. The third-order valence-electron chi connectivity index (χ3n) is 11.9. The molecule has 0 radical (unpaired) electrons. The lowest BCUT2D eigenvalue weighted by Crippen LogP contribution is -2.48. The maximum atomic E-state index is 14.8. The van der Waals surface area contributed by atoms with Gasteiger partial charge in [0, 0.05) is 29.7 Å². The molecule has 0 bridgehead atoms. The van der Waals surface area contributed by atoms with E-state index in [0.717, 1.165) is 12.8 Å². The van der Waals surface area contributed by atoms with E-state index in [0.29, 0.717) is 57.2 Å². The first-order chi connectivity index (χ1) is 26.2. The van der Waals surface area contributed by atoms with Crippen LogP contribution in [0.3, 0.4) is 0 Å². The van der Waals surface area contributed by atoms with Gasteiger partial charge in [-0.25, -0.2) is 9.97 Å². The van der Waals surface area contributed by atoms with Gasteiger partial charge in [0.15, 0.2) is 5.78 Å². The normalized spacial score (nSPS) is 27.2. The van der Waals surface area contributed by atoms with Crippen molar-refractivity contribution in [2.75, 3.05) is 27.9 Å². The molecule has 3 aromatic rings. The van der Waals surface area contributed by atoms with E-state index in [4.69, 9.17) is 40.3 Å². The van der Waals surface area contributed by atoms with Crippen LogP contribution in [0.2, 0.25) is 5.02 Å². The Labute approximate surface area is 329 Å². The Bertz CT molecular complexity index is 2020. The average Bonchev–Trinajstić information content (AvgIpc) is 3.80. The van der Waals surface area contributed by atoms with E-state index in [1.54, 1.807) is 29.2 Å². The predicted molar refractivity (Wildman–Crippen MR) is 206 cm³/mol. The molecule has 294 valence electrons. The van der Waals surface area contributed by atoms with Gasteiger partial charge in [-0.1, -0.05) is 49.8 Å². The summed E-state index contributed by atoms with van der Waals surface area (Å²) < 4.78 is 28.6. The van der Waals surface area contributed by atoms with Crippen molar-refractivity contribution in [1.29, 1.82) is 0 Å². The molecule has 2 unspecified atom stereocenters. The molecule has 2 aromatic heterocycles. The number of esters is 2. The summed E-state index contributed by atoms with van der Waals surface area (Å²) in [6.45, 7) is 9.66. The number of hydrogen-bond donors (Lipinski definition) is 0. The summed E-state index contributed by atoms with van der Waals surface area (Å²) in [7, 11) is 4.36. The largest absolute Gasteiger partial charge is 0.495 e. The van der Waals surface area contributed by atoms with Gasteiger partial charge in [0.1, 0.15) is 34.4 Å². The van der Waals surface area contributed by atoms with Crippen molar-refractivity contribution in [3.05, 3.63) is 41.3 Å². The third-order valence-corrected chi connectivity index (χ3v) is 13.1. The summed E-state index contributed by atoms with van der Waals surface area (Å²) in [5.41, 5.74) is -0.219. The van der Waals surface area contributed by atoms with Gasteiger partial charge in [-0.3, -0.25) is 19.2 Å². The van der Waals surface area contributed by atoms with Crippen molar-refractivity contribution in [1.82, 2.24) is 14.9 Å². The van der Waals surface area contributed by atoms with Gasteiger partial charge in [0.25, 0.3) is 5.19 Å². The quantitative estimate of drug-likeness (QED) is 0.122. The van der Waals surface area contributed by atoms with Crippen LogP contribution in [-0.2, 0) is 28.7 Å². The summed E-state index contributed by atoms with van der Waals surface area (Å²) in [4.78, 5) is 66.4. The molecule has 0 spiro atoms. The first-order valence-corrected chi connectivity index (χ1v) is 20.0. The SMILES string of the molecule is C=C[C@@H]1C[C@]1(CC(=O)[C@@H]1C[C@@H](Oc2cc(-c3csc(OC)n3)nc3c(Cl)c(OC)ccc23)CN1C(=O)C(CC(=O)OC1C[C@@H]2C[C@@H]2C1)C(C)(C)C)C(=O)OC. The van der Waals surface area contributed by atoms with Crippen molar-refractivity contribution in [2.45, 2.75) is 84.0 Å². The molecule has 4 aliphatic rings. The molecule has 3 saturated carbocycles. The lowest BCUT2D eigenvalue weighted by Gasteiger charge is -2.35. The third kappa shape index (κ3) is 7.66. The van der Waals surface area contributed by atoms with Crippen LogP contribution in [0.5, 0.6) is 16.7 Å². The molecule has 3 heterocycles. The van der Waals surface area contributed by atoms with E-state index in [2.05, 4.69) is 11.6 Å². The standard InChI is InChI=1S/C41H48ClN3O9S/c1-8-23-17-41(23,38(49)51-6)18-31(46)30-14-25(19-45(30)37(48)27(40(2,3)4)15-34(47)54-24-12-21-11-22(21)13-24)53-33-16-28(29-20-55-39(44-29)52-7)43-36-26(33)9-10-32(50-5)35(36)42/h8-10,16,20-25,27,30H,1,11-15,17-19H2,2-7H3/t21-,22+,23-,24?,25-,27?,30+,41-/m1/s1. The number of halogens is 1. The highest BCUT2D eigenvalue weighted by atomic mass is 35.5. The molecule has 1 aromatic carbocycles. The number of carbonyl (C=O) groups excluding carboxylic acids is 4. The number of pyridine rings is 1. The number of fused-ring (bicyclic) bond motifs is 2. The summed E-state index contributed by atoms with van der Waals surface area (Å²) in [5, 5.41) is 3.15. The van der Waals surface area contributed by atoms with Gasteiger partial charge in [-0.15, -0.1) is 6.58 Å². The smallest absolute Gasteiger partial charge is 0.312 e. The van der Waals surface area contributed by atoms with Crippen molar-refractivity contribution >= 4 is 57.5 Å². The second kappa shape index (κ2) is 15.0. The Morgan fingerprint density at radius 1 is 1.02 bits per heavy atom. The van der Waals surface area contributed by atoms with E-state index >= 15 is 0 Å². The van der Waals surface area contributed by atoms with Crippen molar-refractivity contribution in [3.8, 4) is 28.1 Å². The fraction of sp³-hybridized carbons (Fsp3) is 0.561. The first-order valence-electron chi connectivity index (χ1n) is 18.8. The van der Waals surface area contributed by atoms with E-state index in [9.17, 15) is 19.2 Å². The van der Waals surface area contributed by atoms with Gasteiger partial charge < -0.3 is 28.6 Å². The van der Waals surface area contributed by atoms with E-state index < -0.39 is 40.8 Å². The Morgan fingerprint density at radius 3 is 2.38 bits per heavy atom. The number of carbonyl (C=O) groups is 4. The molecule has 14 heteroatoms. The second-order valence-electron chi connectivity index (χ2n) is 16.5. The van der Waals surface area contributed by atoms with Crippen LogP contribution in [0.1, 0.15) is 65.7 Å². The molecule has 55 heavy (non-hydrogen) atoms. The fourth-order valence-corrected chi connectivity index (χ4v) is 9.50. The molecular weight excluding hydrogens is 746 g/mol. The Kier molecular flexibility index (Phi) is 10.7. The Morgan fingerprint density at radius 2 is 1.76 bits per heavy atom. The van der Waals surface area contributed by atoms with Crippen LogP contribution in [0.25, 0.3) is 22.3 Å². The number of aromatic nitrogens is 2. The minimum Gasteiger partial charge on any atom is -0.495 e. The van der Waals surface area contributed by atoms with E-state index in [-0.39, 0.29) is 54.5 Å². The molecule has 1 amide bonds. The maximum Gasteiger partial charge on any atom is 0.312 e. The average molecular weight is 794 g/mol. The predicted octanol–water partition coefficient (Wildman–Crippen LogP) is 7.10. The van der Waals surface area contributed by atoms with Gasteiger partial charge in [0.05, 0.1) is 62.9 Å². The van der Waals surface area contributed by atoms with E-state index in [1.807, 2.05) is 26.2 Å². The number of benzene rings is 1. The second-order valence-corrected chi connectivity index (χ2v) is 17.7. The molecule has 0 N–H and O–H groups in total. The van der Waals surface area contributed by atoms with Crippen LogP contribution in [0.15, 0.2) is 36.2 Å². The number of hydrogen-bond acceptors (Lipinski definition) is 12. The topological polar surface area (TPSA) is 143 Å². The van der Waals surface area contributed by atoms with Crippen molar-refractivity contribution in [2.24, 2.45) is 34.5 Å². The molecule has 1 saturated heterocycles. The number of likely N-dealkylation sites (tertiary alicyclic amines) is 1. The zero-order chi connectivity index (χ0) is 39.4. The maximum absolute atomic E-state index is 14.8. The highest BCUT2D eigenvalue weighted by molar-refractivity contribution is 7.11. The van der Waals surface area contributed by atoms with Gasteiger partial charge in [-0.2, -0.15) is 0 Å². The molecule has 4 fully saturated rings. The summed E-state index contributed by atoms with van der Waals surface area (Å²) in [5.74, 6) is -0.362. The first kappa shape index (κ1) is 39.0. The number of ketones is 1. The van der Waals surface area contributed by atoms with Crippen molar-refractivity contribution in [3.63, 3.8) is 0 Å². The van der Waals surface area contributed by atoms with E-state index in [1.165, 1.54) is 39.1 Å². The molecule has 7 rings (SSSR count). The molecular formula is C41H48ClN3O9S.